The molecule has 0 amide bonds. The summed E-state index contributed by atoms with van der Waals surface area (Å²) in [5, 5.41) is 0. The topological polar surface area (TPSA) is 29.0 Å². The van der Waals surface area contributed by atoms with Crippen LogP contribution in [0.25, 0.3) is 0 Å². The standard InChI is InChI=1S/C9H12BrN3.ClH/c10-8-6-11-7-12-9(8)13-4-2-1-3-5-13;/h6-7H,1-5H2;1H. The predicted molar refractivity (Wildman–Crippen MR) is 63.0 cm³/mol. The van der Waals surface area contributed by atoms with Gasteiger partial charge in [0.1, 0.15) is 12.1 Å². The maximum Gasteiger partial charge on any atom is 0.146 e. The third-order valence-electron chi connectivity index (χ3n) is 2.30. The smallest absolute Gasteiger partial charge is 0.146 e. The van der Waals surface area contributed by atoms with Gasteiger partial charge in [0.05, 0.1) is 4.47 Å². The summed E-state index contributed by atoms with van der Waals surface area (Å²) in [7, 11) is 0. The molecule has 1 aliphatic rings. The summed E-state index contributed by atoms with van der Waals surface area (Å²) in [4.78, 5) is 10.5. The Morgan fingerprint density at radius 3 is 2.57 bits per heavy atom. The summed E-state index contributed by atoms with van der Waals surface area (Å²) in [5.74, 6) is 1.04. The monoisotopic (exact) mass is 277 g/mol. The van der Waals surface area contributed by atoms with Gasteiger partial charge in [0.2, 0.25) is 0 Å². The fraction of sp³-hybridized carbons (Fsp3) is 0.556. The van der Waals surface area contributed by atoms with E-state index in [0.29, 0.717) is 0 Å². The molecule has 78 valence electrons. The average molecular weight is 279 g/mol. The van der Waals surface area contributed by atoms with Gasteiger partial charge in [0.15, 0.2) is 0 Å². The molecule has 1 aromatic rings. The fourth-order valence-corrected chi connectivity index (χ4v) is 2.12. The summed E-state index contributed by atoms with van der Waals surface area (Å²) < 4.78 is 0.997. The number of hydrogen-bond acceptors (Lipinski definition) is 3. The van der Waals surface area contributed by atoms with Crippen molar-refractivity contribution in [1.29, 1.82) is 0 Å². The van der Waals surface area contributed by atoms with Crippen molar-refractivity contribution in [1.82, 2.24) is 9.97 Å². The quantitative estimate of drug-likeness (QED) is 0.791. The van der Waals surface area contributed by atoms with Crippen molar-refractivity contribution in [2.75, 3.05) is 18.0 Å². The number of nitrogens with zero attached hydrogens (tertiary/aromatic N) is 3. The van der Waals surface area contributed by atoms with E-state index >= 15 is 0 Å². The van der Waals surface area contributed by atoms with Crippen LogP contribution < -0.4 is 4.90 Å². The maximum absolute atomic E-state index is 4.27. The van der Waals surface area contributed by atoms with Gasteiger partial charge in [-0.05, 0) is 35.2 Å². The van der Waals surface area contributed by atoms with Gasteiger partial charge >= 0.3 is 0 Å². The molecule has 2 heterocycles. The average Bonchev–Trinajstić information content (AvgIpc) is 2.20. The van der Waals surface area contributed by atoms with E-state index in [1.165, 1.54) is 19.3 Å². The number of halogens is 2. The lowest BCUT2D eigenvalue weighted by atomic mass is 10.1. The van der Waals surface area contributed by atoms with Crippen LogP contribution in [-0.4, -0.2) is 23.1 Å². The molecule has 0 saturated carbocycles. The lowest BCUT2D eigenvalue weighted by molar-refractivity contribution is 0.572. The number of piperidine rings is 1. The van der Waals surface area contributed by atoms with Crippen LogP contribution in [0.4, 0.5) is 5.82 Å². The van der Waals surface area contributed by atoms with Gasteiger partial charge in [-0.25, -0.2) is 9.97 Å². The predicted octanol–water partition coefficient (Wildman–Crippen LogP) is 2.65. The number of rotatable bonds is 1. The Balaban J connectivity index is 0.000000980. The lowest BCUT2D eigenvalue weighted by Crippen LogP contribution is -2.30. The summed E-state index contributed by atoms with van der Waals surface area (Å²) >= 11 is 3.47. The van der Waals surface area contributed by atoms with Gasteiger partial charge in [-0.2, -0.15) is 0 Å². The van der Waals surface area contributed by atoms with Crippen LogP contribution in [0.2, 0.25) is 0 Å². The normalized spacial score (nSPS) is 16.2. The molecule has 3 nitrogen and oxygen atoms in total. The van der Waals surface area contributed by atoms with Crippen molar-refractivity contribution < 1.29 is 0 Å². The second-order valence-corrected chi connectivity index (χ2v) is 4.10. The van der Waals surface area contributed by atoms with Crippen LogP contribution in [0.5, 0.6) is 0 Å². The van der Waals surface area contributed by atoms with Gasteiger partial charge < -0.3 is 4.90 Å². The minimum atomic E-state index is 0. The molecule has 5 heteroatoms. The zero-order chi connectivity index (χ0) is 9.10. The van der Waals surface area contributed by atoms with E-state index in [1.54, 1.807) is 12.5 Å². The lowest BCUT2D eigenvalue weighted by Gasteiger charge is -2.28. The molecule has 1 saturated heterocycles. The summed E-state index contributed by atoms with van der Waals surface area (Å²) in [5.41, 5.74) is 0. The van der Waals surface area contributed by atoms with Crippen molar-refractivity contribution in [3.05, 3.63) is 17.0 Å². The van der Waals surface area contributed by atoms with Gasteiger partial charge in [-0.1, -0.05) is 0 Å². The van der Waals surface area contributed by atoms with Crippen molar-refractivity contribution in [3.8, 4) is 0 Å². The molecule has 0 bridgehead atoms. The second-order valence-electron chi connectivity index (χ2n) is 3.24. The molecule has 1 aliphatic heterocycles. The van der Waals surface area contributed by atoms with E-state index in [1.807, 2.05) is 0 Å². The number of anilines is 1. The summed E-state index contributed by atoms with van der Waals surface area (Å²) in [6.45, 7) is 2.24. The molecular weight excluding hydrogens is 265 g/mol. The fourth-order valence-electron chi connectivity index (χ4n) is 1.64. The van der Waals surface area contributed by atoms with Crippen LogP contribution in [0.15, 0.2) is 17.0 Å². The first-order valence-corrected chi connectivity index (χ1v) is 5.37. The first-order chi connectivity index (χ1) is 6.38. The Labute approximate surface area is 98.5 Å². The number of aromatic nitrogens is 2. The first-order valence-electron chi connectivity index (χ1n) is 4.58. The third-order valence-corrected chi connectivity index (χ3v) is 2.86. The number of hydrogen-bond donors (Lipinski definition) is 0. The van der Waals surface area contributed by atoms with E-state index in [9.17, 15) is 0 Å². The largest absolute Gasteiger partial charge is 0.356 e. The van der Waals surface area contributed by atoms with E-state index in [-0.39, 0.29) is 12.4 Å². The van der Waals surface area contributed by atoms with Crippen molar-refractivity contribution in [3.63, 3.8) is 0 Å². The molecule has 2 rings (SSSR count). The molecule has 0 spiro atoms. The van der Waals surface area contributed by atoms with Gasteiger partial charge in [0, 0.05) is 19.3 Å². The van der Waals surface area contributed by atoms with Gasteiger partial charge in [-0.3, -0.25) is 0 Å². The van der Waals surface area contributed by atoms with Crippen LogP contribution in [-0.2, 0) is 0 Å². The highest BCUT2D eigenvalue weighted by molar-refractivity contribution is 9.10. The minimum Gasteiger partial charge on any atom is -0.356 e. The van der Waals surface area contributed by atoms with Crippen LogP contribution in [0.1, 0.15) is 19.3 Å². The highest BCUT2D eigenvalue weighted by Crippen LogP contribution is 2.24. The van der Waals surface area contributed by atoms with Crippen molar-refractivity contribution in [2.45, 2.75) is 19.3 Å². The summed E-state index contributed by atoms with van der Waals surface area (Å²) in [6.07, 6.45) is 7.30. The van der Waals surface area contributed by atoms with E-state index in [4.69, 9.17) is 0 Å². The first kappa shape index (κ1) is 11.7. The van der Waals surface area contributed by atoms with Crippen molar-refractivity contribution in [2.24, 2.45) is 0 Å². The Kier molecular flexibility index (Phi) is 4.62. The Hall–Kier alpha value is -0.350. The Morgan fingerprint density at radius 1 is 1.21 bits per heavy atom. The molecule has 0 radical (unpaired) electrons. The van der Waals surface area contributed by atoms with E-state index < -0.39 is 0 Å². The Bertz CT molecular complexity index is 289. The third kappa shape index (κ3) is 2.58. The summed E-state index contributed by atoms with van der Waals surface area (Å²) in [6, 6.07) is 0. The zero-order valence-corrected chi connectivity index (χ0v) is 10.2. The highest BCUT2D eigenvalue weighted by atomic mass is 79.9. The van der Waals surface area contributed by atoms with Crippen molar-refractivity contribution >= 4 is 34.2 Å². The van der Waals surface area contributed by atoms with E-state index in [2.05, 4.69) is 30.8 Å². The molecule has 1 fully saturated rings. The van der Waals surface area contributed by atoms with Crippen LogP contribution in [0.3, 0.4) is 0 Å². The molecular formula is C9H13BrClN3. The van der Waals surface area contributed by atoms with Gasteiger partial charge in [0.25, 0.3) is 0 Å². The van der Waals surface area contributed by atoms with E-state index in [0.717, 1.165) is 23.4 Å². The molecule has 0 N–H and O–H groups in total. The molecule has 0 atom stereocenters. The molecule has 14 heavy (non-hydrogen) atoms. The molecule has 1 aromatic heterocycles. The van der Waals surface area contributed by atoms with Crippen LogP contribution >= 0.6 is 28.3 Å². The SMILES string of the molecule is Brc1cncnc1N1CCCCC1.Cl. The molecule has 0 unspecified atom stereocenters. The Morgan fingerprint density at radius 2 is 1.93 bits per heavy atom. The maximum atomic E-state index is 4.27. The minimum absolute atomic E-state index is 0. The second kappa shape index (κ2) is 5.51. The molecule has 0 aliphatic carbocycles. The van der Waals surface area contributed by atoms with Gasteiger partial charge in [-0.15, -0.1) is 12.4 Å². The molecule has 0 aromatic carbocycles. The van der Waals surface area contributed by atoms with Crippen LogP contribution in [0, 0.1) is 0 Å². The zero-order valence-electron chi connectivity index (χ0n) is 7.82. The highest BCUT2D eigenvalue weighted by Gasteiger charge is 2.14.